The molecule has 0 aliphatic carbocycles. The lowest BCUT2D eigenvalue weighted by molar-refractivity contribution is 0.411. The van der Waals surface area contributed by atoms with Crippen LogP contribution < -0.4 is 4.74 Å². The van der Waals surface area contributed by atoms with E-state index < -0.39 is 0 Å². The Hall–Kier alpha value is -1.51. The zero-order valence-electron chi connectivity index (χ0n) is 8.69. The predicted molar refractivity (Wildman–Crippen MR) is 55.8 cm³/mol. The molecule has 0 fully saturated rings. The lowest BCUT2D eigenvalue weighted by Gasteiger charge is -2.10. The molecule has 0 saturated heterocycles. The topological polar surface area (TPSA) is 26.5 Å². The predicted octanol–water partition coefficient (Wildman–Crippen LogP) is 2.47. The quantitative estimate of drug-likeness (QED) is 0.727. The fourth-order valence-electron chi connectivity index (χ4n) is 1.61. The highest BCUT2D eigenvalue weighted by Crippen LogP contribution is 2.24. The molecule has 0 radical (unpaired) electrons. The summed E-state index contributed by atoms with van der Waals surface area (Å²) < 4.78 is 7.23. The number of hydrogen-bond acceptors (Lipinski definition) is 2. The molecule has 74 valence electrons. The lowest BCUT2D eigenvalue weighted by Crippen LogP contribution is -1.95. The molecule has 0 atom stereocenters. The van der Waals surface area contributed by atoms with E-state index in [0.717, 1.165) is 11.3 Å². The molecule has 14 heavy (non-hydrogen) atoms. The number of fused-ring (bicyclic) bond motifs is 1. The van der Waals surface area contributed by atoms with Crippen LogP contribution in [0.1, 0.15) is 25.3 Å². The number of rotatable bonds is 2. The maximum Gasteiger partial charge on any atom is 0.135 e. The Kier molecular flexibility index (Phi) is 2.15. The van der Waals surface area contributed by atoms with Crippen molar-refractivity contribution in [2.24, 2.45) is 0 Å². The maximum atomic E-state index is 5.23. The molecule has 0 aliphatic rings. The summed E-state index contributed by atoms with van der Waals surface area (Å²) in [5.41, 5.74) is 2.42. The average Bonchev–Trinajstić information content (AvgIpc) is 2.63. The Morgan fingerprint density at radius 1 is 1.43 bits per heavy atom. The van der Waals surface area contributed by atoms with Crippen LogP contribution in [0.15, 0.2) is 24.8 Å². The van der Waals surface area contributed by atoms with Gasteiger partial charge in [-0.1, -0.05) is 13.8 Å². The van der Waals surface area contributed by atoms with Crippen LogP contribution in [0.2, 0.25) is 0 Å². The largest absolute Gasteiger partial charge is 0.495 e. The van der Waals surface area contributed by atoms with Crippen molar-refractivity contribution in [1.82, 2.24) is 9.38 Å². The van der Waals surface area contributed by atoms with Crippen molar-refractivity contribution in [2.75, 3.05) is 7.11 Å². The minimum Gasteiger partial charge on any atom is -0.495 e. The van der Waals surface area contributed by atoms with Crippen LogP contribution in [-0.2, 0) is 0 Å². The summed E-state index contributed by atoms with van der Waals surface area (Å²) in [5.74, 6) is 1.35. The van der Waals surface area contributed by atoms with Crippen LogP contribution in [-0.4, -0.2) is 16.5 Å². The fraction of sp³-hybridized carbons (Fsp3) is 0.364. The van der Waals surface area contributed by atoms with Crippen molar-refractivity contribution in [2.45, 2.75) is 19.8 Å². The van der Waals surface area contributed by atoms with Crippen LogP contribution in [0, 0.1) is 0 Å². The summed E-state index contributed by atoms with van der Waals surface area (Å²) >= 11 is 0. The van der Waals surface area contributed by atoms with Gasteiger partial charge in [-0.25, -0.2) is 4.98 Å². The van der Waals surface area contributed by atoms with E-state index in [9.17, 15) is 0 Å². The number of imidazole rings is 1. The molecular formula is C11H14N2O. The second kappa shape index (κ2) is 3.33. The van der Waals surface area contributed by atoms with Gasteiger partial charge in [0.1, 0.15) is 5.75 Å². The molecule has 0 aliphatic heterocycles. The van der Waals surface area contributed by atoms with E-state index in [2.05, 4.69) is 24.9 Å². The molecule has 2 aromatic rings. The van der Waals surface area contributed by atoms with E-state index in [-0.39, 0.29) is 0 Å². The van der Waals surface area contributed by atoms with Crippen LogP contribution in [0.4, 0.5) is 0 Å². The molecule has 0 aromatic carbocycles. The summed E-state index contributed by atoms with van der Waals surface area (Å²) in [6.07, 6.45) is 5.62. The fourth-order valence-corrected chi connectivity index (χ4v) is 1.61. The molecule has 2 aromatic heterocycles. The van der Waals surface area contributed by atoms with E-state index in [1.165, 1.54) is 5.56 Å². The molecule has 2 heterocycles. The van der Waals surface area contributed by atoms with Crippen LogP contribution >= 0.6 is 0 Å². The highest BCUT2D eigenvalue weighted by Gasteiger charge is 2.07. The first-order chi connectivity index (χ1) is 6.72. The molecule has 0 N–H and O–H groups in total. The molecule has 0 saturated carbocycles. The smallest absolute Gasteiger partial charge is 0.135 e. The van der Waals surface area contributed by atoms with Gasteiger partial charge in [-0.3, -0.25) is 0 Å². The Bertz CT molecular complexity index is 445. The van der Waals surface area contributed by atoms with Crippen molar-refractivity contribution in [3.05, 3.63) is 30.4 Å². The van der Waals surface area contributed by atoms with E-state index in [1.807, 2.05) is 16.8 Å². The molecule has 0 bridgehead atoms. The van der Waals surface area contributed by atoms with Gasteiger partial charge in [0.25, 0.3) is 0 Å². The van der Waals surface area contributed by atoms with Crippen LogP contribution in [0.3, 0.4) is 0 Å². The molecule has 3 nitrogen and oxygen atoms in total. The maximum absolute atomic E-state index is 5.23. The third-order valence-electron chi connectivity index (χ3n) is 2.38. The van der Waals surface area contributed by atoms with E-state index in [0.29, 0.717) is 5.92 Å². The van der Waals surface area contributed by atoms with Gasteiger partial charge < -0.3 is 9.14 Å². The van der Waals surface area contributed by atoms with Gasteiger partial charge in [-0.15, -0.1) is 0 Å². The van der Waals surface area contributed by atoms with Crippen molar-refractivity contribution < 1.29 is 4.74 Å². The third-order valence-corrected chi connectivity index (χ3v) is 2.38. The molecule has 0 amide bonds. The van der Waals surface area contributed by atoms with Crippen LogP contribution in [0.25, 0.3) is 5.52 Å². The van der Waals surface area contributed by atoms with Gasteiger partial charge in [0.05, 0.1) is 31.3 Å². The minimum atomic E-state index is 0.476. The minimum absolute atomic E-state index is 0.476. The summed E-state index contributed by atoms with van der Waals surface area (Å²) in [6.45, 7) is 4.34. The summed E-state index contributed by atoms with van der Waals surface area (Å²) in [6, 6.07) is 2.07. The van der Waals surface area contributed by atoms with Crippen molar-refractivity contribution in [3.8, 4) is 5.75 Å². The monoisotopic (exact) mass is 190 g/mol. The molecule has 0 unspecified atom stereocenters. The number of nitrogens with zero attached hydrogens (tertiary/aromatic N) is 2. The van der Waals surface area contributed by atoms with Gasteiger partial charge in [0.2, 0.25) is 0 Å². The van der Waals surface area contributed by atoms with Gasteiger partial charge >= 0.3 is 0 Å². The number of aromatic nitrogens is 2. The first-order valence-electron chi connectivity index (χ1n) is 4.72. The Morgan fingerprint density at radius 3 is 2.86 bits per heavy atom. The Morgan fingerprint density at radius 2 is 2.21 bits per heavy atom. The SMILES string of the molecule is COc1cc(C(C)C)c2cncn2c1. The normalized spacial score (nSPS) is 11.1. The van der Waals surface area contributed by atoms with Gasteiger partial charge in [-0.2, -0.15) is 0 Å². The Balaban J connectivity index is 2.70. The summed E-state index contributed by atoms with van der Waals surface area (Å²) in [5, 5.41) is 0. The van der Waals surface area contributed by atoms with E-state index in [1.54, 1.807) is 13.4 Å². The summed E-state index contributed by atoms with van der Waals surface area (Å²) in [7, 11) is 1.68. The van der Waals surface area contributed by atoms with Gasteiger partial charge in [0, 0.05) is 0 Å². The molecule has 0 spiro atoms. The standard InChI is InChI=1S/C11H14N2O/c1-8(2)10-4-9(14-3)6-13-7-12-5-11(10)13/h4-8H,1-3H3. The van der Waals surface area contributed by atoms with Crippen LogP contribution in [0.5, 0.6) is 5.75 Å². The van der Waals surface area contributed by atoms with E-state index in [4.69, 9.17) is 4.74 Å². The Labute approximate surface area is 83.3 Å². The van der Waals surface area contributed by atoms with Crippen molar-refractivity contribution >= 4 is 5.52 Å². The number of pyridine rings is 1. The number of methoxy groups -OCH3 is 1. The second-order valence-electron chi connectivity index (χ2n) is 3.68. The van der Waals surface area contributed by atoms with Gasteiger partial charge in [-0.05, 0) is 17.5 Å². The first kappa shape index (κ1) is 9.06. The number of ether oxygens (including phenoxy) is 1. The van der Waals surface area contributed by atoms with Crippen molar-refractivity contribution in [3.63, 3.8) is 0 Å². The third kappa shape index (κ3) is 1.35. The zero-order chi connectivity index (χ0) is 10.1. The molecule has 2 rings (SSSR count). The van der Waals surface area contributed by atoms with Crippen molar-refractivity contribution in [1.29, 1.82) is 0 Å². The highest BCUT2D eigenvalue weighted by atomic mass is 16.5. The lowest BCUT2D eigenvalue weighted by atomic mass is 10.0. The second-order valence-corrected chi connectivity index (χ2v) is 3.68. The molecule has 3 heteroatoms. The van der Waals surface area contributed by atoms with E-state index >= 15 is 0 Å². The zero-order valence-corrected chi connectivity index (χ0v) is 8.69. The first-order valence-corrected chi connectivity index (χ1v) is 4.72. The average molecular weight is 190 g/mol. The summed E-state index contributed by atoms with van der Waals surface area (Å²) in [4.78, 5) is 4.13. The van der Waals surface area contributed by atoms with Gasteiger partial charge in [0.15, 0.2) is 0 Å². The molecular weight excluding hydrogens is 176 g/mol. The highest BCUT2D eigenvalue weighted by molar-refractivity contribution is 5.56. The number of hydrogen-bond donors (Lipinski definition) is 0.